The minimum Gasteiger partial charge on any atom is -0.462 e. The number of fused-ring (bicyclic) bond motifs is 2. The normalized spacial score (nSPS) is 24.6. The molecule has 6 atom stereocenters. The topological polar surface area (TPSA) is 185 Å². The fourth-order valence-corrected chi connectivity index (χ4v) is 6.75. The summed E-state index contributed by atoms with van der Waals surface area (Å²) < 4.78 is 54.8. The van der Waals surface area contributed by atoms with E-state index in [0.717, 1.165) is 18.2 Å². The molecule has 1 aliphatic heterocycles. The number of nitrogen functional groups attached to an aromatic ring is 1. The van der Waals surface area contributed by atoms with Crippen LogP contribution in [0.2, 0.25) is 0 Å². The molecule has 14 nitrogen and oxygen atoms in total. The molecular weight excluding hydrogens is 632 g/mol. The van der Waals surface area contributed by atoms with Gasteiger partial charge < -0.3 is 30.2 Å². The Labute approximate surface area is 269 Å². The number of esters is 1. The number of hydrogen-bond donors (Lipinski definition) is 4. The standard InChI is InChI=1S/C31H35FN7O7P/c1-5-31(32)25(40)23(45-29(31)39-16-34-24-26(35-20-13-14-20)36-30(33)37-27(24)39)15-43-47(42,38-18(4)28(41)44-17(2)3)46-22-12-8-10-19-9-6-7-11-21(19)22/h1,6-12,16-18,20,23,25,29,40H,13-15H2,2-4H3,(H,38,42)(H3,33,35,36,37)/t18-,23-,25-,29-,31-,47-/m1/s1. The molecule has 4 aromatic rings. The summed E-state index contributed by atoms with van der Waals surface area (Å²) in [6.07, 6.45) is 3.32. The molecular formula is C31H35FN7O7P. The molecule has 0 bridgehead atoms. The fourth-order valence-electron chi connectivity index (χ4n) is 5.23. The molecule has 6 rings (SSSR count). The second kappa shape index (κ2) is 12.7. The number of aliphatic hydroxyl groups excluding tert-OH is 1. The number of rotatable bonds is 12. The average Bonchev–Trinajstić information content (AvgIpc) is 3.70. The van der Waals surface area contributed by atoms with E-state index in [0.29, 0.717) is 16.7 Å². The Hall–Kier alpha value is -4.32. The van der Waals surface area contributed by atoms with Gasteiger partial charge in [0, 0.05) is 11.4 Å². The van der Waals surface area contributed by atoms with Crippen LogP contribution in [0, 0.1) is 12.3 Å². The van der Waals surface area contributed by atoms with Crippen LogP contribution in [-0.4, -0.2) is 73.3 Å². The van der Waals surface area contributed by atoms with Gasteiger partial charge in [0.05, 0.1) is 19.0 Å². The number of nitrogens with zero attached hydrogens (tertiary/aromatic N) is 4. The van der Waals surface area contributed by atoms with E-state index in [4.69, 9.17) is 30.7 Å². The van der Waals surface area contributed by atoms with Gasteiger partial charge in [0.1, 0.15) is 24.0 Å². The van der Waals surface area contributed by atoms with E-state index in [9.17, 15) is 14.5 Å². The molecule has 0 unspecified atom stereocenters. The summed E-state index contributed by atoms with van der Waals surface area (Å²) in [6, 6.07) is 11.4. The third-order valence-electron chi connectivity index (χ3n) is 7.71. The van der Waals surface area contributed by atoms with Crippen molar-refractivity contribution in [2.45, 2.75) is 75.9 Å². The number of carbonyl (C=O) groups is 1. The van der Waals surface area contributed by atoms with Crippen molar-refractivity contribution in [3.8, 4) is 18.1 Å². The van der Waals surface area contributed by atoms with Crippen molar-refractivity contribution in [3.63, 3.8) is 0 Å². The van der Waals surface area contributed by atoms with Crippen LogP contribution < -0.4 is 20.7 Å². The SMILES string of the molecule is C#C[C@@]1(F)[C@H](O)[C@@H](CO[P@](=O)(N[C@H](C)C(=O)OC(C)C)Oc2cccc3ccccc23)O[C@H]1n1cnc2c(NC3CC3)nc(N)nc21. The second-order valence-electron chi connectivity index (χ2n) is 11.8. The van der Waals surface area contributed by atoms with Crippen LogP contribution in [0.5, 0.6) is 5.75 Å². The molecule has 16 heteroatoms. The molecule has 248 valence electrons. The third kappa shape index (κ3) is 6.60. The Morgan fingerprint density at radius 3 is 2.72 bits per heavy atom. The van der Waals surface area contributed by atoms with Gasteiger partial charge >= 0.3 is 13.7 Å². The molecule has 0 amide bonds. The van der Waals surface area contributed by atoms with Gasteiger partial charge in [0.2, 0.25) is 11.6 Å². The Balaban J connectivity index is 1.28. The molecule has 3 heterocycles. The zero-order chi connectivity index (χ0) is 33.5. The Bertz CT molecular complexity index is 1890. The van der Waals surface area contributed by atoms with E-state index in [1.165, 1.54) is 17.8 Å². The fraction of sp³-hybridized carbons (Fsp3) is 0.419. The van der Waals surface area contributed by atoms with Crippen LogP contribution >= 0.6 is 7.75 Å². The van der Waals surface area contributed by atoms with Gasteiger partial charge in [-0.2, -0.15) is 15.1 Å². The zero-order valence-electron chi connectivity index (χ0n) is 25.9. The number of nitrogens with one attached hydrogen (secondary N) is 2. The lowest BCUT2D eigenvalue weighted by Crippen LogP contribution is -2.42. The number of alkyl halides is 1. The summed E-state index contributed by atoms with van der Waals surface area (Å²) in [7, 11) is -4.45. The number of imidazole rings is 1. The monoisotopic (exact) mass is 667 g/mol. The van der Waals surface area contributed by atoms with Gasteiger partial charge in [0.15, 0.2) is 23.2 Å². The molecule has 5 N–H and O–H groups in total. The van der Waals surface area contributed by atoms with Crippen LogP contribution in [0.25, 0.3) is 21.9 Å². The number of carbonyl (C=O) groups excluding carboxylic acids is 1. The first-order chi connectivity index (χ1) is 22.4. The Morgan fingerprint density at radius 2 is 2.00 bits per heavy atom. The van der Waals surface area contributed by atoms with Crippen LogP contribution in [0.3, 0.4) is 0 Å². The van der Waals surface area contributed by atoms with Crippen LogP contribution in [0.15, 0.2) is 48.8 Å². The molecule has 0 radical (unpaired) electrons. The summed E-state index contributed by atoms with van der Waals surface area (Å²) in [5.74, 6) is 1.77. The smallest absolute Gasteiger partial charge is 0.459 e. The van der Waals surface area contributed by atoms with Gasteiger partial charge in [-0.1, -0.05) is 42.3 Å². The van der Waals surface area contributed by atoms with Crippen molar-refractivity contribution in [2.75, 3.05) is 17.7 Å². The number of hydrogen-bond acceptors (Lipinski definition) is 12. The quantitative estimate of drug-likeness (QED) is 0.0971. The molecule has 0 spiro atoms. The highest BCUT2D eigenvalue weighted by Crippen LogP contribution is 2.49. The largest absolute Gasteiger partial charge is 0.462 e. The molecule has 1 saturated heterocycles. The summed E-state index contributed by atoms with van der Waals surface area (Å²) >= 11 is 0. The van der Waals surface area contributed by atoms with Crippen molar-refractivity contribution in [3.05, 3.63) is 48.8 Å². The lowest BCUT2D eigenvalue weighted by molar-refractivity contribution is -0.149. The van der Waals surface area contributed by atoms with Crippen molar-refractivity contribution in [2.24, 2.45) is 0 Å². The molecule has 2 aromatic heterocycles. The predicted octanol–water partition coefficient (Wildman–Crippen LogP) is 3.87. The number of ether oxygens (including phenoxy) is 2. The molecule has 2 fully saturated rings. The van der Waals surface area contributed by atoms with Crippen molar-refractivity contribution < 1.29 is 37.4 Å². The molecule has 1 saturated carbocycles. The molecule has 2 aromatic carbocycles. The van der Waals surface area contributed by atoms with Gasteiger partial charge in [-0.25, -0.2) is 13.9 Å². The number of anilines is 2. The number of terminal acetylenes is 1. The number of aliphatic hydroxyl groups is 1. The van der Waals surface area contributed by atoms with E-state index < -0.39 is 56.6 Å². The van der Waals surface area contributed by atoms with Gasteiger partial charge in [0.25, 0.3) is 0 Å². The van der Waals surface area contributed by atoms with Crippen LogP contribution in [-0.2, 0) is 23.4 Å². The number of halogens is 1. The van der Waals surface area contributed by atoms with Gasteiger partial charge in [-0.3, -0.25) is 13.9 Å². The maximum Gasteiger partial charge on any atom is 0.459 e. The van der Waals surface area contributed by atoms with Crippen molar-refractivity contribution in [1.82, 2.24) is 24.6 Å². The Kier molecular flexibility index (Phi) is 8.82. The summed E-state index contributed by atoms with van der Waals surface area (Å²) in [5, 5.41) is 18.4. The second-order valence-corrected chi connectivity index (χ2v) is 13.4. The van der Waals surface area contributed by atoms with Gasteiger partial charge in [-0.05, 0) is 45.1 Å². The van der Waals surface area contributed by atoms with Crippen LogP contribution in [0.4, 0.5) is 16.2 Å². The maximum atomic E-state index is 16.5. The van der Waals surface area contributed by atoms with E-state index in [2.05, 4.69) is 25.4 Å². The molecule has 1 aliphatic carbocycles. The van der Waals surface area contributed by atoms with Gasteiger partial charge in [-0.15, -0.1) is 6.42 Å². The molecule has 47 heavy (non-hydrogen) atoms. The van der Waals surface area contributed by atoms with E-state index >= 15 is 4.39 Å². The third-order valence-corrected chi connectivity index (χ3v) is 9.34. The first kappa shape index (κ1) is 32.6. The first-order valence-electron chi connectivity index (χ1n) is 15.1. The summed E-state index contributed by atoms with van der Waals surface area (Å²) in [5.41, 5.74) is 3.59. The number of benzene rings is 2. The lowest BCUT2D eigenvalue weighted by atomic mass is 9.97. The van der Waals surface area contributed by atoms with E-state index in [-0.39, 0.29) is 23.4 Å². The molecule has 2 aliphatic rings. The first-order valence-corrected chi connectivity index (χ1v) is 16.6. The highest BCUT2D eigenvalue weighted by Gasteiger charge is 2.58. The van der Waals surface area contributed by atoms with E-state index in [1.807, 2.05) is 24.1 Å². The number of aromatic nitrogens is 4. The minimum absolute atomic E-state index is 0.0892. The highest BCUT2D eigenvalue weighted by atomic mass is 31.2. The maximum absolute atomic E-state index is 16.5. The summed E-state index contributed by atoms with van der Waals surface area (Å²) in [4.78, 5) is 25.4. The van der Waals surface area contributed by atoms with Crippen molar-refractivity contribution >= 4 is 47.4 Å². The van der Waals surface area contributed by atoms with Crippen molar-refractivity contribution in [1.29, 1.82) is 0 Å². The average molecular weight is 668 g/mol. The lowest BCUT2D eigenvalue weighted by Gasteiger charge is -2.25. The van der Waals surface area contributed by atoms with Crippen LogP contribution in [0.1, 0.15) is 39.8 Å². The Morgan fingerprint density at radius 1 is 1.26 bits per heavy atom. The highest BCUT2D eigenvalue weighted by molar-refractivity contribution is 7.52. The minimum atomic E-state index is -4.45. The summed E-state index contributed by atoms with van der Waals surface area (Å²) in [6.45, 7) is 4.11. The van der Waals surface area contributed by atoms with E-state index in [1.54, 1.807) is 38.1 Å². The zero-order valence-corrected chi connectivity index (χ0v) is 26.8. The predicted molar refractivity (Wildman–Crippen MR) is 171 cm³/mol. The number of nitrogens with two attached hydrogens (primary N) is 1.